The van der Waals surface area contributed by atoms with Gasteiger partial charge >= 0.3 is 11.4 Å². The van der Waals surface area contributed by atoms with Gasteiger partial charge in [0.25, 0.3) is 0 Å². The van der Waals surface area contributed by atoms with Crippen molar-refractivity contribution < 1.29 is 9.85 Å². The van der Waals surface area contributed by atoms with Crippen LogP contribution in [0.25, 0.3) is 20.8 Å². The maximum absolute atomic E-state index is 11.3. The number of fused-ring (bicyclic) bond motifs is 1. The van der Waals surface area contributed by atoms with Crippen molar-refractivity contribution in [2.45, 2.75) is 4.90 Å². The number of hydrogen-bond acceptors (Lipinski definition) is 7. The van der Waals surface area contributed by atoms with Gasteiger partial charge in [0.2, 0.25) is 0 Å². The van der Waals surface area contributed by atoms with E-state index in [-0.39, 0.29) is 5.56 Å². The van der Waals surface area contributed by atoms with Crippen LogP contribution >= 0.6 is 24.0 Å². The third-order valence-corrected chi connectivity index (χ3v) is 4.44. The Balaban J connectivity index is 2.30. The second-order valence-electron chi connectivity index (χ2n) is 4.33. The van der Waals surface area contributed by atoms with E-state index in [1.54, 1.807) is 12.1 Å². The first-order chi connectivity index (χ1) is 10.5. The molecule has 9 heteroatoms. The number of aromatic nitrogens is 1. The highest BCUT2D eigenvalue weighted by Gasteiger charge is 2.30. The van der Waals surface area contributed by atoms with E-state index in [4.69, 9.17) is 0 Å². The second kappa shape index (κ2) is 5.35. The van der Waals surface area contributed by atoms with Crippen LogP contribution < -0.4 is 0 Å². The average Bonchev–Trinajstić information content (AvgIpc) is 2.91. The number of nitro groups is 2. The van der Waals surface area contributed by atoms with Crippen LogP contribution in [0, 0.1) is 20.2 Å². The molecule has 22 heavy (non-hydrogen) atoms. The van der Waals surface area contributed by atoms with E-state index in [1.165, 1.54) is 23.5 Å². The van der Waals surface area contributed by atoms with Crippen LogP contribution in [0.5, 0.6) is 0 Å². The van der Waals surface area contributed by atoms with Crippen LogP contribution in [0.2, 0.25) is 0 Å². The van der Waals surface area contributed by atoms with Crippen LogP contribution in [0.1, 0.15) is 0 Å². The number of nitro benzene ring substituents is 2. The minimum absolute atomic E-state index is 0.133. The van der Waals surface area contributed by atoms with Gasteiger partial charge in [-0.05, 0) is 18.2 Å². The number of rotatable bonds is 3. The molecule has 1 aromatic heterocycles. The van der Waals surface area contributed by atoms with Crippen molar-refractivity contribution in [2.75, 3.05) is 0 Å². The van der Waals surface area contributed by atoms with E-state index in [0.717, 1.165) is 10.8 Å². The molecule has 0 fully saturated rings. The molecule has 0 saturated carbocycles. The number of nitrogens with zero attached hydrogens (tertiary/aromatic N) is 3. The largest absolute Gasteiger partial charge is 0.356 e. The molecule has 0 aliphatic rings. The molecule has 0 aliphatic heterocycles. The lowest BCUT2D eigenvalue weighted by Gasteiger charge is -1.99. The summed E-state index contributed by atoms with van der Waals surface area (Å²) >= 11 is 5.53. The minimum Gasteiger partial charge on any atom is -0.258 e. The summed E-state index contributed by atoms with van der Waals surface area (Å²) in [5.41, 5.74) is -0.347. The Labute approximate surface area is 132 Å². The van der Waals surface area contributed by atoms with Crippen LogP contribution in [0.3, 0.4) is 0 Å². The highest BCUT2D eigenvalue weighted by molar-refractivity contribution is 7.80. The minimum atomic E-state index is -0.765. The molecule has 3 aromatic rings. The molecule has 3 rings (SSSR count). The Morgan fingerprint density at radius 3 is 2.41 bits per heavy atom. The van der Waals surface area contributed by atoms with Crippen molar-refractivity contribution in [3.63, 3.8) is 0 Å². The molecule has 0 bridgehead atoms. The van der Waals surface area contributed by atoms with Crippen molar-refractivity contribution in [1.29, 1.82) is 0 Å². The second-order valence-corrected chi connectivity index (χ2v) is 5.84. The Morgan fingerprint density at radius 1 is 1.05 bits per heavy atom. The highest BCUT2D eigenvalue weighted by atomic mass is 32.1. The maximum atomic E-state index is 11.3. The topological polar surface area (TPSA) is 99.2 Å². The number of thiazole rings is 1. The molecule has 0 atom stereocenters. The maximum Gasteiger partial charge on any atom is 0.356 e. The molecule has 2 aromatic carbocycles. The van der Waals surface area contributed by atoms with Crippen molar-refractivity contribution in [1.82, 2.24) is 4.98 Å². The first-order valence-corrected chi connectivity index (χ1v) is 7.26. The molecule has 0 N–H and O–H groups in total. The summed E-state index contributed by atoms with van der Waals surface area (Å²) in [4.78, 5) is 25.7. The molecular formula is C13H7N3O4S2. The third kappa shape index (κ3) is 2.30. The van der Waals surface area contributed by atoms with E-state index in [2.05, 4.69) is 17.6 Å². The van der Waals surface area contributed by atoms with Crippen molar-refractivity contribution in [3.05, 3.63) is 56.6 Å². The summed E-state index contributed by atoms with van der Waals surface area (Å²) in [5, 5.41) is 22.6. The molecule has 110 valence electrons. The van der Waals surface area contributed by atoms with Gasteiger partial charge in [0.05, 0.1) is 25.6 Å². The summed E-state index contributed by atoms with van der Waals surface area (Å²) in [5.74, 6) is 0. The van der Waals surface area contributed by atoms with Gasteiger partial charge in [0.1, 0.15) is 5.01 Å². The Kier molecular flexibility index (Phi) is 3.51. The fourth-order valence-electron chi connectivity index (χ4n) is 2.09. The number of para-hydroxylation sites is 2. The lowest BCUT2D eigenvalue weighted by Crippen LogP contribution is -1.98. The van der Waals surface area contributed by atoms with Crippen molar-refractivity contribution >= 4 is 45.6 Å². The molecule has 0 aliphatic carbocycles. The fraction of sp³-hybridized carbons (Fsp3) is 0. The smallest absolute Gasteiger partial charge is 0.258 e. The Morgan fingerprint density at radius 2 is 1.77 bits per heavy atom. The number of thiol groups is 1. The Bertz CT molecular complexity index is 923. The molecule has 0 unspecified atom stereocenters. The standard InChI is InChI=1S/C13H7N3O4S2/c17-15(18)8-4-1-3-7(12(8)16(19)20)13-14-11-9(21)5-2-6-10(11)22-13/h1-6,21H. The monoisotopic (exact) mass is 333 g/mol. The van der Waals surface area contributed by atoms with Gasteiger partial charge in [0, 0.05) is 11.0 Å². The molecular weight excluding hydrogens is 326 g/mol. The molecule has 0 radical (unpaired) electrons. The van der Waals surface area contributed by atoms with E-state index < -0.39 is 21.2 Å². The summed E-state index contributed by atoms with van der Waals surface area (Å²) in [6.07, 6.45) is 0. The van der Waals surface area contributed by atoms with Crippen LogP contribution in [0.4, 0.5) is 11.4 Å². The first kappa shape index (κ1) is 14.4. The van der Waals surface area contributed by atoms with Gasteiger partial charge < -0.3 is 0 Å². The average molecular weight is 333 g/mol. The fourth-order valence-corrected chi connectivity index (χ4v) is 3.44. The molecule has 7 nitrogen and oxygen atoms in total. The van der Waals surface area contributed by atoms with Gasteiger partial charge in [-0.25, -0.2) is 4.98 Å². The predicted octanol–water partition coefficient (Wildman–Crippen LogP) is 4.07. The third-order valence-electron chi connectivity index (χ3n) is 3.02. The summed E-state index contributed by atoms with van der Waals surface area (Å²) < 4.78 is 0.809. The van der Waals surface area contributed by atoms with Gasteiger partial charge in [-0.2, -0.15) is 0 Å². The quantitative estimate of drug-likeness (QED) is 0.442. The number of benzene rings is 2. The van der Waals surface area contributed by atoms with Crippen LogP contribution in [0.15, 0.2) is 41.3 Å². The Hall–Kier alpha value is -2.52. The van der Waals surface area contributed by atoms with Gasteiger partial charge in [-0.3, -0.25) is 20.2 Å². The van der Waals surface area contributed by atoms with Crippen molar-refractivity contribution in [2.24, 2.45) is 0 Å². The van der Waals surface area contributed by atoms with Crippen LogP contribution in [-0.2, 0) is 0 Å². The summed E-state index contributed by atoms with van der Waals surface area (Å²) in [7, 11) is 0. The molecule has 0 spiro atoms. The first-order valence-electron chi connectivity index (χ1n) is 5.99. The van der Waals surface area contributed by atoms with Crippen LogP contribution in [-0.4, -0.2) is 14.8 Å². The van der Waals surface area contributed by atoms with E-state index in [9.17, 15) is 20.2 Å². The predicted molar refractivity (Wildman–Crippen MR) is 85.6 cm³/mol. The number of hydrogen-bond donors (Lipinski definition) is 1. The van der Waals surface area contributed by atoms with E-state index in [1.807, 2.05) is 6.07 Å². The summed E-state index contributed by atoms with van der Waals surface area (Å²) in [6.45, 7) is 0. The molecule has 0 saturated heterocycles. The lowest BCUT2D eigenvalue weighted by molar-refractivity contribution is -0.422. The molecule has 1 heterocycles. The zero-order chi connectivity index (χ0) is 15.9. The zero-order valence-corrected chi connectivity index (χ0v) is 12.5. The SMILES string of the molecule is O=[N+]([O-])c1cccc(-c2nc3c(S)cccc3s2)c1[N+](=O)[O-]. The zero-order valence-electron chi connectivity index (χ0n) is 10.8. The van der Waals surface area contributed by atoms with E-state index in [0.29, 0.717) is 15.4 Å². The van der Waals surface area contributed by atoms with E-state index >= 15 is 0 Å². The highest BCUT2D eigenvalue weighted by Crippen LogP contribution is 2.41. The normalized spacial score (nSPS) is 10.8. The lowest BCUT2D eigenvalue weighted by atomic mass is 10.1. The van der Waals surface area contributed by atoms with Gasteiger partial charge in [-0.15, -0.1) is 24.0 Å². The van der Waals surface area contributed by atoms with Gasteiger partial charge in [0.15, 0.2) is 0 Å². The molecule has 0 amide bonds. The summed E-state index contributed by atoms with van der Waals surface area (Å²) in [6, 6.07) is 9.36. The van der Waals surface area contributed by atoms with Gasteiger partial charge in [-0.1, -0.05) is 12.1 Å². The van der Waals surface area contributed by atoms with Crippen molar-refractivity contribution in [3.8, 4) is 10.6 Å².